The monoisotopic (exact) mass is 752 g/mol. The van der Waals surface area contributed by atoms with Crippen molar-refractivity contribution in [2.24, 2.45) is 5.92 Å². The first-order chi connectivity index (χ1) is 26.7. The van der Waals surface area contributed by atoms with Gasteiger partial charge < -0.3 is 30.0 Å². The van der Waals surface area contributed by atoms with E-state index in [0.717, 1.165) is 51.6 Å². The zero-order valence-corrected chi connectivity index (χ0v) is 31.7. The van der Waals surface area contributed by atoms with Gasteiger partial charge in [0.15, 0.2) is 11.5 Å². The first-order valence-corrected chi connectivity index (χ1v) is 19.2. The molecule has 1 saturated heterocycles. The normalized spacial score (nSPS) is 14.2. The second-order valence-electron chi connectivity index (χ2n) is 14.0. The number of benzene rings is 2. The van der Waals surface area contributed by atoms with Gasteiger partial charge in [-0.1, -0.05) is 63.1 Å². The third-order valence-electron chi connectivity index (χ3n) is 9.82. The average molecular weight is 753 g/mol. The number of Topliss-reactive ketones (excluding diaryl/α,β-unsaturated/α-hetero) is 1. The molecule has 2 fully saturated rings. The Morgan fingerprint density at radius 1 is 1.00 bits per heavy atom. The predicted molar refractivity (Wildman–Crippen MR) is 209 cm³/mol. The Labute approximate surface area is 322 Å². The summed E-state index contributed by atoms with van der Waals surface area (Å²) in [6.07, 6.45) is 7.47. The molecule has 1 amide bonds. The number of hydrogen-bond donors (Lipinski definition) is 3. The fourth-order valence-corrected chi connectivity index (χ4v) is 6.33. The lowest BCUT2D eigenvalue weighted by molar-refractivity contribution is -0.142. The van der Waals surface area contributed by atoms with Crippen molar-refractivity contribution in [3.63, 3.8) is 0 Å². The van der Waals surface area contributed by atoms with Crippen LogP contribution in [0, 0.1) is 11.3 Å². The summed E-state index contributed by atoms with van der Waals surface area (Å²) in [6, 6.07) is 13.3. The molecule has 2 heterocycles. The first-order valence-electron chi connectivity index (χ1n) is 19.2. The number of esters is 2. The minimum atomic E-state index is -0.741. The zero-order chi connectivity index (χ0) is 39.2. The molecule has 2 aliphatic rings. The Hall–Kier alpha value is -5.04. The lowest BCUT2D eigenvalue weighted by Gasteiger charge is -2.26. The molecule has 1 aliphatic carbocycles. The molecule has 1 aromatic heterocycles. The second-order valence-corrected chi connectivity index (χ2v) is 14.0. The van der Waals surface area contributed by atoms with Crippen molar-refractivity contribution < 1.29 is 38.5 Å². The molecule has 55 heavy (non-hydrogen) atoms. The minimum Gasteiger partial charge on any atom is -0.465 e. The second kappa shape index (κ2) is 20.6. The lowest BCUT2D eigenvalue weighted by atomic mass is 9.89. The van der Waals surface area contributed by atoms with Crippen LogP contribution in [0.15, 0.2) is 55.1 Å². The van der Waals surface area contributed by atoms with Gasteiger partial charge in [-0.3, -0.25) is 19.3 Å². The first kappa shape index (κ1) is 41.1. The number of morpholine rings is 1. The average Bonchev–Trinajstić information content (AvgIpc) is 4.04. The van der Waals surface area contributed by atoms with Crippen molar-refractivity contribution >= 4 is 35.4 Å². The molecule has 1 saturated carbocycles. The van der Waals surface area contributed by atoms with Gasteiger partial charge in [0.05, 0.1) is 32.8 Å². The molecule has 0 unspecified atom stereocenters. The van der Waals surface area contributed by atoms with Crippen LogP contribution in [-0.4, -0.2) is 96.9 Å². The number of rotatable bonds is 21. The van der Waals surface area contributed by atoms with Gasteiger partial charge in [0.25, 0.3) is 5.91 Å². The largest absolute Gasteiger partial charge is 0.465 e. The van der Waals surface area contributed by atoms with Crippen LogP contribution >= 0.6 is 0 Å². The highest BCUT2D eigenvalue weighted by Crippen LogP contribution is 2.32. The summed E-state index contributed by atoms with van der Waals surface area (Å²) in [5.74, 6) is -1.44. The number of nitrogens with one attached hydrogen (secondary N) is 2. The number of carbonyl (C=O) groups is 4. The summed E-state index contributed by atoms with van der Waals surface area (Å²) in [4.78, 5) is 59.9. The fourth-order valence-electron chi connectivity index (χ4n) is 6.33. The Balaban J connectivity index is 1.38. The lowest BCUT2D eigenvalue weighted by Crippen LogP contribution is -2.38. The molecule has 1 aliphatic heterocycles. The smallest absolute Gasteiger partial charge is 0.357 e. The van der Waals surface area contributed by atoms with Gasteiger partial charge in [-0.15, -0.1) is 0 Å². The molecule has 5 rings (SSSR count). The van der Waals surface area contributed by atoms with Crippen molar-refractivity contribution in [3.8, 4) is 11.1 Å². The summed E-state index contributed by atoms with van der Waals surface area (Å²) < 4.78 is 16.4. The molecule has 2 aromatic carbocycles. The highest BCUT2D eigenvalue weighted by atomic mass is 16.5. The SMILES string of the molecule is C=Cc1cc(C(=O)Cc2ccc(C(=N)CC(=O)OCCCCCC)cc2)c(-c2ccc(C(=O)NCC3CC3)nc2C(=O)OCCN2CCOCC2)cc1CO. The van der Waals surface area contributed by atoms with Gasteiger partial charge in [-0.2, -0.15) is 0 Å². The van der Waals surface area contributed by atoms with Crippen molar-refractivity contribution in [2.45, 2.75) is 64.9 Å². The van der Waals surface area contributed by atoms with Gasteiger partial charge >= 0.3 is 11.9 Å². The molecule has 12 nitrogen and oxygen atoms in total. The number of pyridine rings is 1. The molecular weight excluding hydrogens is 700 g/mol. The van der Waals surface area contributed by atoms with Crippen LogP contribution < -0.4 is 5.32 Å². The molecular formula is C43H52N4O8. The van der Waals surface area contributed by atoms with E-state index in [4.69, 9.17) is 19.6 Å². The maximum atomic E-state index is 14.1. The molecule has 292 valence electrons. The summed E-state index contributed by atoms with van der Waals surface area (Å²) in [5, 5.41) is 21.6. The number of ether oxygens (including phenoxy) is 3. The van der Waals surface area contributed by atoms with E-state index in [0.29, 0.717) is 66.6 Å². The minimum absolute atomic E-state index is 0.0239. The van der Waals surface area contributed by atoms with E-state index in [1.165, 1.54) is 6.07 Å². The van der Waals surface area contributed by atoms with Gasteiger partial charge in [-0.05, 0) is 77.3 Å². The van der Waals surface area contributed by atoms with Crippen molar-refractivity contribution in [1.82, 2.24) is 15.2 Å². The summed E-state index contributed by atoms with van der Waals surface area (Å²) in [6.45, 7) is 9.74. The van der Waals surface area contributed by atoms with Crippen molar-refractivity contribution in [2.75, 3.05) is 52.6 Å². The quantitative estimate of drug-likeness (QED) is 0.0522. The molecule has 0 spiro atoms. The Kier molecular flexibility index (Phi) is 15.4. The molecule has 0 bridgehead atoms. The standard InChI is InChI=1S/C43H52N4O8/c1-3-5-6-7-19-54-40(50)26-37(44)32-12-10-29(11-13-32)23-39(49)36-24-31(4-2)33(28-48)25-35(36)34-14-15-38(42(51)45-27-30-8-9-30)46-41(34)43(52)55-22-18-47-16-20-53-21-17-47/h4,10-15,24-25,30,44,48H,2-3,5-9,16-23,26-28H2,1H3,(H,45,51). The Morgan fingerprint density at radius 3 is 2.45 bits per heavy atom. The van der Waals surface area contributed by atoms with Gasteiger partial charge in [0.2, 0.25) is 0 Å². The van der Waals surface area contributed by atoms with E-state index in [1.807, 2.05) is 0 Å². The van der Waals surface area contributed by atoms with E-state index in [-0.39, 0.29) is 60.1 Å². The van der Waals surface area contributed by atoms with Crippen LogP contribution in [0.4, 0.5) is 0 Å². The van der Waals surface area contributed by atoms with E-state index < -0.39 is 17.8 Å². The van der Waals surface area contributed by atoms with Gasteiger partial charge in [-0.25, -0.2) is 9.78 Å². The number of hydrogen-bond acceptors (Lipinski definition) is 11. The van der Waals surface area contributed by atoms with E-state index in [2.05, 4.69) is 28.7 Å². The fraction of sp³-hybridized carbons (Fsp3) is 0.442. The number of aromatic nitrogens is 1. The van der Waals surface area contributed by atoms with Gasteiger partial charge in [0, 0.05) is 49.4 Å². The molecule has 0 atom stereocenters. The van der Waals surface area contributed by atoms with Crippen LogP contribution in [0.3, 0.4) is 0 Å². The maximum absolute atomic E-state index is 14.1. The number of ketones is 1. The molecule has 3 aromatic rings. The van der Waals surface area contributed by atoms with Gasteiger partial charge in [0.1, 0.15) is 12.3 Å². The number of nitrogens with zero attached hydrogens (tertiary/aromatic N) is 2. The summed E-state index contributed by atoms with van der Waals surface area (Å²) in [7, 11) is 0. The Morgan fingerprint density at radius 2 is 1.76 bits per heavy atom. The maximum Gasteiger partial charge on any atom is 0.357 e. The van der Waals surface area contributed by atoms with Crippen LogP contribution in [0.25, 0.3) is 17.2 Å². The molecule has 3 N–H and O–H groups in total. The number of aliphatic hydroxyl groups is 1. The van der Waals surface area contributed by atoms with Crippen LogP contribution in [-0.2, 0) is 32.0 Å². The topological polar surface area (TPSA) is 168 Å². The number of carbonyl (C=O) groups excluding carboxylic acids is 4. The highest BCUT2D eigenvalue weighted by molar-refractivity contribution is 6.08. The van der Waals surface area contributed by atoms with Crippen molar-refractivity contribution in [3.05, 3.63) is 94.3 Å². The number of unbranched alkanes of at least 4 members (excludes halogenated alkanes) is 3. The van der Waals surface area contributed by atoms with Crippen LogP contribution in [0.1, 0.15) is 105 Å². The number of amides is 1. The van der Waals surface area contributed by atoms with Crippen molar-refractivity contribution in [1.29, 1.82) is 5.41 Å². The summed E-state index contributed by atoms with van der Waals surface area (Å²) in [5.41, 5.74) is 3.20. The zero-order valence-electron chi connectivity index (χ0n) is 31.7. The van der Waals surface area contributed by atoms with E-state index >= 15 is 0 Å². The Bertz CT molecular complexity index is 1850. The highest BCUT2D eigenvalue weighted by Gasteiger charge is 2.26. The predicted octanol–water partition coefficient (Wildman–Crippen LogP) is 5.82. The van der Waals surface area contributed by atoms with E-state index in [9.17, 15) is 24.3 Å². The van der Waals surface area contributed by atoms with Crippen LogP contribution in [0.5, 0.6) is 0 Å². The summed E-state index contributed by atoms with van der Waals surface area (Å²) >= 11 is 0. The third kappa shape index (κ3) is 12.0. The third-order valence-corrected chi connectivity index (χ3v) is 9.82. The molecule has 12 heteroatoms. The van der Waals surface area contributed by atoms with Crippen LogP contribution in [0.2, 0.25) is 0 Å². The molecule has 0 radical (unpaired) electrons. The van der Waals surface area contributed by atoms with E-state index in [1.54, 1.807) is 48.5 Å². The number of aliphatic hydroxyl groups excluding tert-OH is 1.